The van der Waals surface area contributed by atoms with E-state index in [1.165, 1.54) is 0 Å². The molecule has 0 saturated heterocycles. The smallest absolute Gasteiger partial charge is 0.193 e. The zero-order chi connectivity index (χ0) is 15.4. The number of carbonyl (C=O) groups excluding carboxylic acids is 1. The van der Waals surface area contributed by atoms with Crippen molar-refractivity contribution in [2.24, 2.45) is 7.05 Å². The van der Waals surface area contributed by atoms with E-state index in [0.717, 1.165) is 11.4 Å². The third kappa shape index (κ3) is 3.23. The molecule has 2 aromatic carbocycles. The van der Waals surface area contributed by atoms with Crippen LogP contribution in [0.2, 0.25) is 0 Å². The molecule has 1 aromatic heterocycles. The summed E-state index contributed by atoms with van der Waals surface area (Å²) in [6.45, 7) is 0.629. The monoisotopic (exact) mass is 291 g/mol. The van der Waals surface area contributed by atoms with Gasteiger partial charge in [-0.25, -0.2) is 4.98 Å². The molecule has 0 aliphatic rings. The first-order chi connectivity index (χ1) is 10.7. The highest BCUT2D eigenvalue weighted by atomic mass is 16.1. The molecule has 1 N–H and O–H groups in total. The van der Waals surface area contributed by atoms with Gasteiger partial charge in [-0.2, -0.15) is 0 Å². The minimum atomic E-state index is 0.0297. The van der Waals surface area contributed by atoms with Gasteiger partial charge in [-0.15, -0.1) is 0 Å². The van der Waals surface area contributed by atoms with E-state index in [1.807, 2.05) is 72.4 Å². The van der Waals surface area contributed by atoms with Crippen LogP contribution in [0.15, 0.2) is 67.1 Å². The highest BCUT2D eigenvalue weighted by molar-refractivity contribution is 6.09. The van der Waals surface area contributed by atoms with E-state index in [1.54, 1.807) is 6.33 Å². The third-order valence-corrected chi connectivity index (χ3v) is 3.39. The van der Waals surface area contributed by atoms with Gasteiger partial charge in [0.1, 0.15) is 0 Å². The van der Waals surface area contributed by atoms with E-state index in [2.05, 4.69) is 10.3 Å². The number of ketones is 1. The average molecular weight is 291 g/mol. The molecule has 0 saturated carbocycles. The minimum Gasteiger partial charge on any atom is -0.379 e. The predicted molar refractivity (Wildman–Crippen MR) is 86.9 cm³/mol. The lowest BCUT2D eigenvalue weighted by Crippen LogP contribution is -2.04. The van der Waals surface area contributed by atoms with Gasteiger partial charge in [0.2, 0.25) is 0 Å². The Kier molecular flexibility index (Phi) is 4.01. The highest BCUT2D eigenvalue weighted by Crippen LogP contribution is 2.15. The number of benzene rings is 2. The SMILES string of the molecule is Cn1cnc(CNc2cccc(C(=O)c3ccccc3)c2)c1. The first-order valence-electron chi connectivity index (χ1n) is 7.13. The second-order valence-corrected chi connectivity index (χ2v) is 5.16. The van der Waals surface area contributed by atoms with Crippen LogP contribution < -0.4 is 5.32 Å². The van der Waals surface area contributed by atoms with Crippen LogP contribution in [0.25, 0.3) is 0 Å². The van der Waals surface area contributed by atoms with Crippen molar-refractivity contribution in [3.05, 3.63) is 83.9 Å². The molecular formula is C18H17N3O. The van der Waals surface area contributed by atoms with Crippen LogP contribution in [0.3, 0.4) is 0 Å². The molecule has 0 spiro atoms. The highest BCUT2D eigenvalue weighted by Gasteiger charge is 2.08. The molecule has 4 heteroatoms. The molecule has 0 radical (unpaired) electrons. The van der Waals surface area contributed by atoms with Gasteiger partial charge in [0, 0.05) is 30.1 Å². The third-order valence-electron chi connectivity index (χ3n) is 3.39. The summed E-state index contributed by atoms with van der Waals surface area (Å²) in [6, 6.07) is 16.8. The van der Waals surface area contributed by atoms with Crippen molar-refractivity contribution in [2.45, 2.75) is 6.54 Å². The summed E-state index contributed by atoms with van der Waals surface area (Å²) in [6.07, 6.45) is 3.73. The summed E-state index contributed by atoms with van der Waals surface area (Å²) in [5.41, 5.74) is 3.25. The molecule has 0 bridgehead atoms. The molecule has 0 unspecified atom stereocenters. The van der Waals surface area contributed by atoms with Gasteiger partial charge in [-0.05, 0) is 12.1 Å². The van der Waals surface area contributed by atoms with Crippen molar-refractivity contribution in [1.29, 1.82) is 0 Å². The van der Waals surface area contributed by atoms with Crippen LogP contribution in [0.5, 0.6) is 0 Å². The van der Waals surface area contributed by atoms with E-state index in [0.29, 0.717) is 17.7 Å². The van der Waals surface area contributed by atoms with Crippen molar-refractivity contribution in [3.8, 4) is 0 Å². The quantitative estimate of drug-likeness (QED) is 0.734. The Morgan fingerprint density at radius 2 is 1.86 bits per heavy atom. The number of anilines is 1. The number of aryl methyl sites for hydroxylation is 1. The topological polar surface area (TPSA) is 46.9 Å². The maximum Gasteiger partial charge on any atom is 0.193 e. The van der Waals surface area contributed by atoms with Crippen LogP contribution in [0.4, 0.5) is 5.69 Å². The largest absolute Gasteiger partial charge is 0.379 e. The Morgan fingerprint density at radius 3 is 2.59 bits per heavy atom. The summed E-state index contributed by atoms with van der Waals surface area (Å²) < 4.78 is 1.91. The first-order valence-corrected chi connectivity index (χ1v) is 7.13. The van der Waals surface area contributed by atoms with Crippen LogP contribution in [-0.2, 0) is 13.6 Å². The van der Waals surface area contributed by atoms with Gasteiger partial charge in [0.25, 0.3) is 0 Å². The Labute approximate surface area is 129 Å². The predicted octanol–water partition coefficient (Wildman–Crippen LogP) is 3.26. The maximum absolute atomic E-state index is 12.4. The van der Waals surface area contributed by atoms with Gasteiger partial charge in [-0.3, -0.25) is 4.79 Å². The molecule has 0 aliphatic carbocycles. The lowest BCUT2D eigenvalue weighted by molar-refractivity contribution is 0.103. The second kappa shape index (κ2) is 6.26. The Hall–Kier alpha value is -2.88. The number of hydrogen-bond donors (Lipinski definition) is 1. The lowest BCUT2D eigenvalue weighted by Gasteiger charge is -2.07. The first kappa shape index (κ1) is 14.1. The van der Waals surface area contributed by atoms with Crippen LogP contribution in [0, 0.1) is 0 Å². The minimum absolute atomic E-state index is 0.0297. The van der Waals surface area contributed by atoms with Crippen molar-refractivity contribution in [1.82, 2.24) is 9.55 Å². The molecule has 0 atom stereocenters. The summed E-state index contributed by atoms with van der Waals surface area (Å²) in [7, 11) is 1.94. The van der Waals surface area contributed by atoms with Crippen molar-refractivity contribution >= 4 is 11.5 Å². The van der Waals surface area contributed by atoms with E-state index in [-0.39, 0.29) is 5.78 Å². The number of carbonyl (C=O) groups is 1. The van der Waals surface area contributed by atoms with E-state index in [4.69, 9.17) is 0 Å². The molecule has 0 aliphatic heterocycles. The van der Waals surface area contributed by atoms with E-state index in [9.17, 15) is 4.79 Å². The maximum atomic E-state index is 12.4. The standard InChI is InChI=1S/C18H17N3O/c1-21-12-17(20-13-21)11-19-16-9-5-8-15(10-16)18(22)14-6-3-2-4-7-14/h2-10,12-13,19H,11H2,1H3. The molecule has 4 nitrogen and oxygen atoms in total. The number of hydrogen-bond acceptors (Lipinski definition) is 3. The number of nitrogens with one attached hydrogen (secondary N) is 1. The van der Waals surface area contributed by atoms with Gasteiger partial charge < -0.3 is 9.88 Å². The summed E-state index contributed by atoms with van der Waals surface area (Å²) in [5.74, 6) is 0.0297. The van der Waals surface area contributed by atoms with Gasteiger partial charge in [0.05, 0.1) is 18.6 Å². The van der Waals surface area contributed by atoms with E-state index < -0.39 is 0 Å². The number of nitrogens with zero attached hydrogens (tertiary/aromatic N) is 2. The second-order valence-electron chi connectivity index (χ2n) is 5.16. The van der Waals surface area contributed by atoms with Gasteiger partial charge in [0.15, 0.2) is 5.78 Å². The number of rotatable bonds is 5. The number of aromatic nitrogens is 2. The van der Waals surface area contributed by atoms with Crippen LogP contribution in [-0.4, -0.2) is 15.3 Å². The van der Waals surface area contributed by atoms with Crippen LogP contribution in [0.1, 0.15) is 21.6 Å². The summed E-state index contributed by atoms with van der Waals surface area (Å²) in [4.78, 5) is 16.7. The van der Waals surface area contributed by atoms with Crippen molar-refractivity contribution in [2.75, 3.05) is 5.32 Å². The van der Waals surface area contributed by atoms with E-state index >= 15 is 0 Å². The van der Waals surface area contributed by atoms with Crippen molar-refractivity contribution < 1.29 is 4.79 Å². The molecule has 3 rings (SSSR count). The molecule has 0 fully saturated rings. The molecule has 0 amide bonds. The average Bonchev–Trinajstić information content (AvgIpc) is 2.99. The zero-order valence-electron chi connectivity index (χ0n) is 12.4. The molecule has 22 heavy (non-hydrogen) atoms. The fraction of sp³-hybridized carbons (Fsp3) is 0.111. The summed E-state index contributed by atoms with van der Waals surface area (Å²) >= 11 is 0. The molecular weight excluding hydrogens is 274 g/mol. The lowest BCUT2D eigenvalue weighted by atomic mass is 10.0. The van der Waals surface area contributed by atoms with Gasteiger partial charge >= 0.3 is 0 Å². The zero-order valence-corrected chi connectivity index (χ0v) is 12.4. The van der Waals surface area contributed by atoms with Crippen LogP contribution >= 0.6 is 0 Å². The fourth-order valence-corrected chi connectivity index (χ4v) is 2.28. The van der Waals surface area contributed by atoms with Gasteiger partial charge in [-0.1, -0.05) is 42.5 Å². The number of imidazole rings is 1. The van der Waals surface area contributed by atoms with Crippen molar-refractivity contribution in [3.63, 3.8) is 0 Å². The molecule has 3 aromatic rings. The molecule has 110 valence electrons. The Balaban J connectivity index is 1.73. The Morgan fingerprint density at radius 1 is 1.09 bits per heavy atom. The summed E-state index contributed by atoms with van der Waals surface area (Å²) in [5, 5.41) is 3.29. The fourth-order valence-electron chi connectivity index (χ4n) is 2.28. The normalized spacial score (nSPS) is 10.4. The Bertz CT molecular complexity index is 778. The molecule has 1 heterocycles.